The van der Waals surface area contributed by atoms with Gasteiger partial charge < -0.3 is 90.6 Å². The van der Waals surface area contributed by atoms with Crippen molar-refractivity contribution in [2.45, 2.75) is 97.7 Å². The molecule has 21 nitrogen and oxygen atoms in total. The number of fused-ring (bicyclic) bond motifs is 4. The summed E-state index contributed by atoms with van der Waals surface area (Å²) in [6, 6.07) is 4.64. The van der Waals surface area contributed by atoms with Crippen LogP contribution in [0.2, 0.25) is 0 Å². The average Bonchev–Trinajstić information content (AvgIpc) is 3.35. The third-order valence-corrected chi connectivity index (χ3v) is 11.7. The number of carbonyl (C=O) groups is 2. The van der Waals surface area contributed by atoms with Crippen LogP contribution in [-0.4, -0.2) is 141 Å². The summed E-state index contributed by atoms with van der Waals surface area (Å²) >= 11 is 0. The van der Waals surface area contributed by atoms with E-state index in [0.29, 0.717) is 5.57 Å². The number of hydrogen-bond donors (Lipinski definition) is 13. The highest BCUT2D eigenvalue weighted by atomic mass is 16.8. The molecule has 0 amide bonds. The van der Waals surface area contributed by atoms with Gasteiger partial charge in [0.1, 0.15) is 64.9 Å². The third-order valence-electron chi connectivity index (χ3n) is 11.7. The zero-order chi connectivity index (χ0) is 43.9. The average molecular weight is 853 g/mol. The molecule has 1 unspecified atom stereocenters. The van der Waals surface area contributed by atoms with Gasteiger partial charge in [0.05, 0.1) is 12.6 Å². The third kappa shape index (κ3) is 6.47. The van der Waals surface area contributed by atoms with Crippen molar-refractivity contribution in [1.82, 2.24) is 5.32 Å². The van der Waals surface area contributed by atoms with E-state index in [1.807, 2.05) is 0 Å². The monoisotopic (exact) mass is 852 g/mol. The van der Waals surface area contributed by atoms with Crippen molar-refractivity contribution in [3.8, 4) is 46.2 Å². The molecule has 324 valence electrons. The number of carboxylic acid groups (broad SMARTS) is 1. The summed E-state index contributed by atoms with van der Waals surface area (Å²) in [4.78, 5) is 40.5. The van der Waals surface area contributed by atoms with Crippen LogP contribution in [0.1, 0.15) is 36.3 Å². The molecule has 2 fully saturated rings. The molecule has 2 saturated heterocycles. The number of allylic oxidation sites excluding steroid dienone is 2. The van der Waals surface area contributed by atoms with Crippen LogP contribution in [0.25, 0.3) is 22.3 Å². The molecule has 2 spiro atoms. The Balaban J connectivity index is 1.30. The summed E-state index contributed by atoms with van der Waals surface area (Å²) in [5, 5.41) is 122. The quantitative estimate of drug-likeness (QED) is 0.0714. The Morgan fingerprint density at radius 1 is 0.951 bits per heavy atom. The zero-order valence-corrected chi connectivity index (χ0v) is 31.5. The fraction of sp³-hybridized carbons (Fsp3) is 0.425. The first-order valence-electron chi connectivity index (χ1n) is 18.9. The molecule has 3 aromatic rings. The smallest absolute Gasteiger partial charge is 0.351 e. The van der Waals surface area contributed by atoms with Crippen molar-refractivity contribution in [3.63, 3.8) is 0 Å². The molecule has 21 heteroatoms. The molecular formula is C40H40N2O19. The van der Waals surface area contributed by atoms with Gasteiger partial charge in [-0.2, -0.15) is 0 Å². The first kappa shape index (κ1) is 41.9. The maximum Gasteiger partial charge on any atom is 0.351 e. The van der Waals surface area contributed by atoms with E-state index in [-0.39, 0.29) is 52.0 Å². The molecule has 1 aromatic heterocycles. The Morgan fingerprint density at radius 3 is 2.39 bits per heavy atom. The van der Waals surface area contributed by atoms with Gasteiger partial charge in [0.25, 0.3) is 5.60 Å². The van der Waals surface area contributed by atoms with Crippen LogP contribution in [0, 0.1) is 11.8 Å². The lowest BCUT2D eigenvalue weighted by atomic mass is 9.78. The molecule has 0 aliphatic carbocycles. The van der Waals surface area contributed by atoms with E-state index in [1.54, 1.807) is 12.2 Å². The summed E-state index contributed by atoms with van der Waals surface area (Å²) in [5.74, 6) is -4.95. The van der Waals surface area contributed by atoms with Crippen molar-refractivity contribution in [3.05, 3.63) is 69.5 Å². The summed E-state index contributed by atoms with van der Waals surface area (Å²) in [5.41, 5.74) is -0.409. The first-order valence-corrected chi connectivity index (χ1v) is 18.9. The highest BCUT2D eigenvalue weighted by Gasteiger charge is 2.68. The van der Waals surface area contributed by atoms with Gasteiger partial charge in [0.2, 0.25) is 17.7 Å². The van der Waals surface area contributed by atoms with Crippen LogP contribution in [0.4, 0.5) is 0 Å². The molecule has 6 heterocycles. The highest BCUT2D eigenvalue weighted by molar-refractivity contribution is 5.89. The van der Waals surface area contributed by atoms with Gasteiger partial charge in [-0.05, 0) is 36.6 Å². The minimum absolute atomic E-state index is 0.0657. The van der Waals surface area contributed by atoms with Gasteiger partial charge in [0, 0.05) is 54.0 Å². The van der Waals surface area contributed by atoms with E-state index in [9.17, 15) is 70.6 Å². The lowest BCUT2D eigenvalue weighted by Crippen LogP contribution is -2.74. The topological polar surface area (TPSA) is 362 Å². The van der Waals surface area contributed by atoms with Crippen LogP contribution in [-0.2, 0) is 30.2 Å². The number of aromatic hydroxyl groups is 3. The van der Waals surface area contributed by atoms with Crippen LogP contribution in [0.5, 0.6) is 23.0 Å². The van der Waals surface area contributed by atoms with Crippen molar-refractivity contribution in [1.29, 1.82) is 0 Å². The fourth-order valence-electron chi connectivity index (χ4n) is 8.42. The van der Waals surface area contributed by atoms with E-state index < -0.39 is 126 Å². The second kappa shape index (κ2) is 15.0. The molecule has 5 aliphatic heterocycles. The fourth-order valence-corrected chi connectivity index (χ4v) is 8.42. The Bertz CT molecular complexity index is 2510. The van der Waals surface area contributed by atoms with Crippen LogP contribution in [0.15, 0.2) is 57.4 Å². The SMILES string of the molecule is NC1C=CC([C@H]2CC[C@]3(Oc4cc5oc(-c6cc(O)c(O)c(CCO)c6)cc(=O)c5c(O)c42)O[C@@]2(CC#C[C@]4(C(=O)O)O[C@H](OC2=O)[C@H](O)[C@@H](O)[C@@H]4O)[C@@H](O)[C@H](O)[C@H]3O)=CN1. The summed E-state index contributed by atoms with van der Waals surface area (Å²) in [6.07, 6.45) is -13.9. The molecular weight excluding hydrogens is 812 g/mol. The number of benzene rings is 2. The van der Waals surface area contributed by atoms with E-state index >= 15 is 0 Å². The second-order valence-corrected chi connectivity index (χ2v) is 15.4. The van der Waals surface area contributed by atoms with E-state index in [0.717, 1.165) is 18.2 Å². The zero-order valence-electron chi connectivity index (χ0n) is 31.5. The van der Waals surface area contributed by atoms with E-state index in [4.69, 9.17) is 29.1 Å². The standard InChI is InChI=1S/C40H40N2O19/c41-24-3-2-16(14-42-24)18-4-8-40(59-23-13-22-26(28(47)25(18)23)19(44)12-21(57-22)17-10-15(5-9-43)27(46)20(45)11-17)34(53)31(50)33(52)39(61-40)7-1-6-38(36(54)55)32(51)29(48)30(49)35(60-38)58-37(39)56/h2-3,10-14,18,24,29-35,42-43,45-53H,4-5,7-9,41H2,(H,54,55)/t18-,24?,29-,30-,31+,32+,33+,34-,35+,38+,39+,40+/m1/s1. The molecule has 12 atom stereocenters. The molecule has 0 saturated carbocycles. The molecule has 2 aromatic carbocycles. The van der Waals surface area contributed by atoms with Crippen molar-refractivity contribution < 1.29 is 89.1 Å². The molecule has 0 radical (unpaired) electrons. The maximum atomic E-state index is 14.2. The number of phenolic OH excluding ortho intramolecular Hbond substituents is 3. The number of carboxylic acids is 1. The number of rotatable bonds is 5. The predicted molar refractivity (Wildman–Crippen MR) is 201 cm³/mol. The lowest BCUT2D eigenvalue weighted by molar-refractivity contribution is -0.367. The summed E-state index contributed by atoms with van der Waals surface area (Å²) < 4.78 is 29.4. The number of dihydropyridines is 1. The predicted octanol–water partition coefficient (Wildman–Crippen LogP) is -2.54. The number of nitrogens with one attached hydrogen (secondary N) is 1. The molecule has 5 aliphatic rings. The minimum atomic E-state index is -2.98. The van der Waals surface area contributed by atoms with Gasteiger partial charge in [0.15, 0.2) is 16.9 Å². The van der Waals surface area contributed by atoms with Crippen molar-refractivity contribution >= 4 is 22.9 Å². The number of nitrogens with two attached hydrogens (primary N) is 1. The van der Waals surface area contributed by atoms with E-state index in [2.05, 4.69) is 17.2 Å². The molecule has 61 heavy (non-hydrogen) atoms. The summed E-state index contributed by atoms with van der Waals surface area (Å²) in [7, 11) is 0. The largest absolute Gasteiger partial charge is 0.507 e. The Hall–Kier alpha value is -5.77. The normalized spacial score (nSPS) is 35.6. The van der Waals surface area contributed by atoms with Gasteiger partial charge in [-0.25, -0.2) is 9.59 Å². The number of aliphatic hydroxyl groups is 7. The van der Waals surface area contributed by atoms with Crippen LogP contribution in [0.3, 0.4) is 0 Å². The first-order chi connectivity index (χ1) is 28.9. The number of esters is 1. The van der Waals surface area contributed by atoms with Crippen molar-refractivity contribution in [2.24, 2.45) is 5.73 Å². The van der Waals surface area contributed by atoms with Crippen LogP contribution >= 0.6 is 0 Å². The Morgan fingerprint density at radius 2 is 1.70 bits per heavy atom. The molecule has 14 N–H and O–H groups in total. The van der Waals surface area contributed by atoms with Gasteiger partial charge in [-0.1, -0.05) is 17.9 Å². The van der Waals surface area contributed by atoms with Gasteiger partial charge in [-0.3, -0.25) is 4.79 Å². The second-order valence-electron chi connectivity index (χ2n) is 15.4. The van der Waals surface area contributed by atoms with Crippen molar-refractivity contribution in [2.75, 3.05) is 6.61 Å². The number of carbonyl (C=O) groups excluding carboxylic acids is 1. The van der Waals surface area contributed by atoms with E-state index in [1.165, 1.54) is 12.3 Å². The van der Waals surface area contributed by atoms with Crippen LogP contribution < -0.4 is 21.2 Å². The molecule has 2 bridgehead atoms. The number of aliphatic hydroxyl groups excluding tert-OH is 7. The molecule has 8 rings (SSSR count). The highest BCUT2D eigenvalue weighted by Crippen LogP contribution is 2.53. The van der Waals surface area contributed by atoms with Gasteiger partial charge >= 0.3 is 11.9 Å². The lowest BCUT2D eigenvalue weighted by Gasteiger charge is -2.52. The number of hydrogen-bond acceptors (Lipinski definition) is 20. The number of phenols is 3. The number of ether oxygens (including phenoxy) is 4. The Labute approximate surface area is 342 Å². The summed E-state index contributed by atoms with van der Waals surface area (Å²) in [6.45, 7) is -0.400. The maximum absolute atomic E-state index is 14.2. The van der Waals surface area contributed by atoms with Gasteiger partial charge in [-0.15, -0.1) is 0 Å². The minimum Gasteiger partial charge on any atom is -0.507 e. The number of aliphatic carboxylic acids is 1. The Kier molecular flexibility index (Phi) is 10.3.